The summed E-state index contributed by atoms with van der Waals surface area (Å²) in [4.78, 5) is 9.53. The van der Waals surface area contributed by atoms with Crippen molar-refractivity contribution in [2.75, 3.05) is 12.0 Å². The number of ether oxygens (including phenoxy) is 1. The minimum absolute atomic E-state index is 0.457. The normalized spacial score (nSPS) is 10.4. The number of nitrogens with two attached hydrogens (primary N) is 1. The molecule has 0 saturated heterocycles. The fraction of sp³-hybridized carbons (Fsp3) is 0.231. The number of aromatic nitrogens is 2. The summed E-state index contributed by atoms with van der Waals surface area (Å²) in [5.41, 5.74) is 6.55. The van der Waals surface area contributed by atoms with E-state index < -0.39 is 0 Å². The number of hydrogen-bond donors (Lipinski definition) is 1. The zero-order valence-corrected chi connectivity index (χ0v) is 11.4. The van der Waals surface area contributed by atoms with Gasteiger partial charge in [-0.15, -0.1) is 11.8 Å². The molecule has 0 spiro atoms. The van der Waals surface area contributed by atoms with Crippen molar-refractivity contribution in [3.8, 4) is 11.6 Å². The van der Waals surface area contributed by atoms with Gasteiger partial charge in [0.25, 0.3) is 0 Å². The van der Waals surface area contributed by atoms with Crippen LogP contribution in [0.25, 0.3) is 0 Å². The molecule has 5 heteroatoms. The lowest BCUT2D eigenvalue weighted by Crippen LogP contribution is -2.02. The lowest BCUT2D eigenvalue weighted by atomic mass is 10.3. The molecular weight excluding hydrogens is 246 g/mol. The Bertz CT molecular complexity index is 555. The molecule has 0 saturated carbocycles. The molecule has 2 rings (SSSR count). The molecule has 0 fully saturated rings. The Morgan fingerprint density at radius 2 is 1.78 bits per heavy atom. The molecule has 18 heavy (non-hydrogen) atoms. The molecule has 2 N–H and O–H groups in total. The van der Waals surface area contributed by atoms with Crippen LogP contribution >= 0.6 is 11.8 Å². The van der Waals surface area contributed by atoms with Gasteiger partial charge in [-0.1, -0.05) is 0 Å². The number of hydrogen-bond acceptors (Lipinski definition) is 5. The van der Waals surface area contributed by atoms with Crippen LogP contribution < -0.4 is 10.5 Å². The first kappa shape index (κ1) is 12.7. The average molecular weight is 261 g/mol. The second-order valence-electron chi connectivity index (χ2n) is 3.86. The topological polar surface area (TPSA) is 61.0 Å². The smallest absolute Gasteiger partial charge is 0.227 e. The molecule has 0 aliphatic rings. The van der Waals surface area contributed by atoms with Crippen LogP contribution in [0, 0.1) is 13.8 Å². The summed E-state index contributed by atoms with van der Waals surface area (Å²) in [5.74, 6) is 2.32. The maximum Gasteiger partial charge on any atom is 0.227 e. The molecule has 0 amide bonds. The summed E-state index contributed by atoms with van der Waals surface area (Å²) in [5, 5.41) is 0. The molecule has 0 radical (unpaired) electrons. The van der Waals surface area contributed by atoms with Crippen molar-refractivity contribution in [2.45, 2.75) is 18.7 Å². The van der Waals surface area contributed by atoms with Crippen LogP contribution in [0.15, 0.2) is 29.2 Å². The van der Waals surface area contributed by atoms with Crippen molar-refractivity contribution < 1.29 is 4.74 Å². The monoisotopic (exact) mass is 261 g/mol. The van der Waals surface area contributed by atoms with E-state index in [1.165, 1.54) is 4.90 Å². The first-order chi connectivity index (χ1) is 8.60. The standard InChI is InChI=1S/C13H15N3OS/c1-8-12(14)15-9(2)16-13(8)17-10-4-6-11(18-3)7-5-10/h4-7H,1-3H3,(H2,14,15,16). The van der Waals surface area contributed by atoms with Crippen LogP contribution in [-0.2, 0) is 0 Å². The van der Waals surface area contributed by atoms with Crippen molar-refractivity contribution in [1.29, 1.82) is 0 Å². The molecule has 1 heterocycles. The fourth-order valence-electron chi connectivity index (χ4n) is 1.48. The Morgan fingerprint density at radius 1 is 1.11 bits per heavy atom. The van der Waals surface area contributed by atoms with Crippen molar-refractivity contribution in [3.63, 3.8) is 0 Å². The van der Waals surface area contributed by atoms with E-state index in [1.807, 2.05) is 37.4 Å². The van der Waals surface area contributed by atoms with Crippen molar-refractivity contribution in [2.24, 2.45) is 0 Å². The van der Waals surface area contributed by atoms with Crippen molar-refractivity contribution in [1.82, 2.24) is 9.97 Å². The molecule has 1 aromatic heterocycles. The zero-order chi connectivity index (χ0) is 13.1. The summed E-state index contributed by atoms with van der Waals surface area (Å²) in [6.45, 7) is 3.64. The molecule has 0 atom stereocenters. The minimum Gasteiger partial charge on any atom is -0.439 e. The lowest BCUT2D eigenvalue weighted by molar-refractivity contribution is 0.456. The largest absolute Gasteiger partial charge is 0.439 e. The highest BCUT2D eigenvalue weighted by Gasteiger charge is 2.08. The van der Waals surface area contributed by atoms with E-state index in [0.717, 1.165) is 11.3 Å². The van der Waals surface area contributed by atoms with Gasteiger partial charge in [0, 0.05) is 4.90 Å². The molecule has 0 bridgehead atoms. The molecule has 1 aromatic carbocycles. The van der Waals surface area contributed by atoms with Gasteiger partial charge in [-0.25, -0.2) is 4.98 Å². The van der Waals surface area contributed by atoms with E-state index in [2.05, 4.69) is 9.97 Å². The number of nitrogens with zero attached hydrogens (tertiary/aromatic N) is 2. The molecule has 2 aromatic rings. The van der Waals surface area contributed by atoms with E-state index in [9.17, 15) is 0 Å². The van der Waals surface area contributed by atoms with Crippen LogP contribution in [0.1, 0.15) is 11.4 Å². The van der Waals surface area contributed by atoms with Gasteiger partial charge in [0.05, 0.1) is 5.56 Å². The third kappa shape index (κ3) is 2.73. The SMILES string of the molecule is CSc1ccc(Oc2nc(C)nc(N)c2C)cc1. The van der Waals surface area contributed by atoms with Crippen LogP contribution in [0.2, 0.25) is 0 Å². The van der Waals surface area contributed by atoms with E-state index >= 15 is 0 Å². The maximum absolute atomic E-state index is 5.79. The number of aryl methyl sites for hydroxylation is 1. The Kier molecular flexibility index (Phi) is 3.72. The molecule has 4 nitrogen and oxygen atoms in total. The predicted molar refractivity (Wildman–Crippen MR) is 74.2 cm³/mol. The van der Waals surface area contributed by atoms with Crippen LogP contribution in [0.4, 0.5) is 5.82 Å². The van der Waals surface area contributed by atoms with Gasteiger partial charge in [-0.2, -0.15) is 4.98 Å². The van der Waals surface area contributed by atoms with Gasteiger partial charge in [0.2, 0.25) is 5.88 Å². The van der Waals surface area contributed by atoms with Gasteiger partial charge >= 0.3 is 0 Å². The van der Waals surface area contributed by atoms with Gasteiger partial charge in [-0.3, -0.25) is 0 Å². The first-order valence-corrected chi connectivity index (χ1v) is 6.75. The minimum atomic E-state index is 0.457. The molecule has 0 aliphatic carbocycles. The third-order valence-corrected chi connectivity index (χ3v) is 3.27. The highest BCUT2D eigenvalue weighted by Crippen LogP contribution is 2.27. The average Bonchev–Trinajstić information content (AvgIpc) is 2.36. The zero-order valence-electron chi connectivity index (χ0n) is 10.6. The van der Waals surface area contributed by atoms with Crippen molar-refractivity contribution >= 4 is 17.6 Å². The van der Waals surface area contributed by atoms with Gasteiger partial charge in [0.1, 0.15) is 17.4 Å². The summed E-state index contributed by atoms with van der Waals surface area (Å²) in [7, 11) is 0. The molecular formula is C13H15N3OS. The Hall–Kier alpha value is -1.75. The van der Waals surface area contributed by atoms with Crippen LogP contribution in [-0.4, -0.2) is 16.2 Å². The molecule has 0 aliphatic heterocycles. The highest BCUT2D eigenvalue weighted by atomic mass is 32.2. The van der Waals surface area contributed by atoms with Gasteiger partial charge in [-0.05, 0) is 44.4 Å². The van der Waals surface area contributed by atoms with Crippen molar-refractivity contribution in [3.05, 3.63) is 35.7 Å². The summed E-state index contributed by atoms with van der Waals surface area (Å²) in [6, 6.07) is 7.84. The van der Waals surface area contributed by atoms with Crippen LogP contribution in [0.5, 0.6) is 11.6 Å². The molecule has 94 valence electrons. The highest BCUT2D eigenvalue weighted by molar-refractivity contribution is 7.98. The van der Waals surface area contributed by atoms with E-state index in [1.54, 1.807) is 18.7 Å². The lowest BCUT2D eigenvalue weighted by Gasteiger charge is -2.10. The third-order valence-electron chi connectivity index (χ3n) is 2.52. The van der Waals surface area contributed by atoms with Gasteiger partial charge in [0.15, 0.2) is 0 Å². The Morgan fingerprint density at radius 3 is 2.39 bits per heavy atom. The van der Waals surface area contributed by atoms with Gasteiger partial charge < -0.3 is 10.5 Å². The Balaban J connectivity index is 2.27. The van der Waals surface area contributed by atoms with E-state index in [4.69, 9.17) is 10.5 Å². The maximum atomic E-state index is 5.79. The summed E-state index contributed by atoms with van der Waals surface area (Å²) in [6.07, 6.45) is 2.04. The predicted octanol–water partition coefficient (Wildman–Crippen LogP) is 3.19. The van der Waals surface area contributed by atoms with E-state index in [-0.39, 0.29) is 0 Å². The number of benzene rings is 1. The second-order valence-corrected chi connectivity index (χ2v) is 4.74. The first-order valence-electron chi connectivity index (χ1n) is 5.53. The quantitative estimate of drug-likeness (QED) is 0.860. The summed E-state index contributed by atoms with van der Waals surface area (Å²) < 4.78 is 5.73. The fourth-order valence-corrected chi connectivity index (χ4v) is 1.89. The second kappa shape index (κ2) is 5.27. The number of thioether (sulfide) groups is 1. The number of nitrogen functional groups attached to an aromatic ring is 1. The van der Waals surface area contributed by atoms with Crippen LogP contribution in [0.3, 0.4) is 0 Å². The Labute approximate surface area is 111 Å². The number of anilines is 1. The van der Waals surface area contributed by atoms with E-state index in [0.29, 0.717) is 17.5 Å². The summed E-state index contributed by atoms with van der Waals surface area (Å²) >= 11 is 1.69. The number of rotatable bonds is 3. The molecule has 0 unspecified atom stereocenters.